The number of amides is 1. The van der Waals surface area contributed by atoms with Gasteiger partial charge in [0, 0.05) is 10.6 Å². The van der Waals surface area contributed by atoms with Gasteiger partial charge in [0.05, 0.1) is 16.3 Å². The summed E-state index contributed by atoms with van der Waals surface area (Å²) in [6, 6.07) is 17.0. The van der Waals surface area contributed by atoms with Crippen molar-refractivity contribution in [3.05, 3.63) is 76.0 Å². The standard InChI is InChI=1S/C19H11Cl2N3O2S/c20-12-5-6-13(14(21)9-12)16-7-8-17(26-16)18(25)24-19(27)23-15-4-2-1-3-11(15)10-22/h1-9H,(H2,23,24,25,27). The van der Waals surface area contributed by atoms with Gasteiger partial charge in [0.2, 0.25) is 0 Å². The van der Waals surface area contributed by atoms with Crippen LogP contribution in [0.2, 0.25) is 10.0 Å². The predicted octanol–water partition coefficient (Wildman–Crippen LogP) is 5.25. The molecule has 3 aromatic rings. The van der Waals surface area contributed by atoms with Gasteiger partial charge >= 0.3 is 0 Å². The Balaban J connectivity index is 1.71. The number of nitrogens with one attached hydrogen (secondary N) is 2. The van der Waals surface area contributed by atoms with Crippen LogP contribution in [-0.2, 0) is 0 Å². The molecule has 27 heavy (non-hydrogen) atoms. The molecule has 0 saturated heterocycles. The fraction of sp³-hybridized carbons (Fsp3) is 0. The Morgan fingerprint density at radius 1 is 1.11 bits per heavy atom. The topological polar surface area (TPSA) is 78.1 Å². The summed E-state index contributed by atoms with van der Waals surface area (Å²) < 4.78 is 5.57. The molecular weight excluding hydrogens is 405 g/mol. The number of furan rings is 1. The fourth-order valence-corrected chi connectivity index (χ4v) is 3.01. The fourth-order valence-electron chi connectivity index (χ4n) is 2.30. The summed E-state index contributed by atoms with van der Waals surface area (Å²) in [5, 5.41) is 15.4. The van der Waals surface area contributed by atoms with E-state index in [2.05, 4.69) is 10.6 Å². The average Bonchev–Trinajstić information content (AvgIpc) is 3.12. The van der Waals surface area contributed by atoms with Crippen molar-refractivity contribution in [2.24, 2.45) is 0 Å². The Morgan fingerprint density at radius 3 is 2.63 bits per heavy atom. The maximum Gasteiger partial charge on any atom is 0.293 e. The van der Waals surface area contributed by atoms with E-state index in [1.807, 2.05) is 6.07 Å². The molecule has 0 aliphatic heterocycles. The summed E-state index contributed by atoms with van der Waals surface area (Å²) in [5.41, 5.74) is 1.52. The Hall–Kier alpha value is -2.85. The second kappa shape index (κ2) is 8.23. The van der Waals surface area contributed by atoms with Gasteiger partial charge in [-0.1, -0.05) is 35.3 Å². The SMILES string of the molecule is N#Cc1ccccc1NC(=S)NC(=O)c1ccc(-c2ccc(Cl)cc2Cl)o1. The lowest BCUT2D eigenvalue weighted by Crippen LogP contribution is -2.34. The third-order valence-electron chi connectivity index (χ3n) is 3.55. The summed E-state index contributed by atoms with van der Waals surface area (Å²) in [5.74, 6) is -0.0393. The first-order valence-corrected chi connectivity index (χ1v) is 8.81. The number of nitriles is 1. The highest BCUT2D eigenvalue weighted by Crippen LogP contribution is 2.31. The van der Waals surface area contributed by atoms with Gasteiger partial charge in [0.1, 0.15) is 11.8 Å². The van der Waals surface area contributed by atoms with Crippen molar-refractivity contribution in [3.63, 3.8) is 0 Å². The third kappa shape index (κ3) is 4.47. The van der Waals surface area contributed by atoms with E-state index < -0.39 is 5.91 Å². The van der Waals surface area contributed by atoms with E-state index in [1.54, 1.807) is 48.5 Å². The van der Waals surface area contributed by atoms with Gasteiger partial charge in [-0.2, -0.15) is 5.26 Å². The van der Waals surface area contributed by atoms with Crippen molar-refractivity contribution in [1.82, 2.24) is 5.32 Å². The zero-order chi connectivity index (χ0) is 19.4. The summed E-state index contributed by atoms with van der Waals surface area (Å²) in [6.07, 6.45) is 0. The van der Waals surface area contributed by atoms with Gasteiger partial charge in [0.25, 0.3) is 5.91 Å². The molecule has 2 N–H and O–H groups in total. The zero-order valence-electron chi connectivity index (χ0n) is 13.6. The maximum absolute atomic E-state index is 12.3. The Labute approximate surface area is 170 Å². The van der Waals surface area contributed by atoms with E-state index in [0.717, 1.165) is 0 Å². The molecule has 2 aromatic carbocycles. The summed E-state index contributed by atoms with van der Waals surface area (Å²) >= 11 is 17.2. The first-order valence-electron chi connectivity index (χ1n) is 7.64. The highest BCUT2D eigenvalue weighted by molar-refractivity contribution is 7.80. The highest BCUT2D eigenvalue weighted by Gasteiger charge is 2.15. The number of hydrogen-bond acceptors (Lipinski definition) is 4. The van der Waals surface area contributed by atoms with Crippen LogP contribution in [0.25, 0.3) is 11.3 Å². The number of para-hydroxylation sites is 1. The molecule has 8 heteroatoms. The number of hydrogen-bond donors (Lipinski definition) is 2. The molecule has 0 bridgehead atoms. The van der Waals surface area contributed by atoms with Gasteiger partial charge in [-0.3, -0.25) is 10.1 Å². The van der Waals surface area contributed by atoms with Crippen molar-refractivity contribution >= 4 is 52.1 Å². The Bertz CT molecular complexity index is 1070. The molecular formula is C19H11Cl2N3O2S. The number of anilines is 1. The largest absolute Gasteiger partial charge is 0.451 e. The second-order valence-corrected chi connectivity index (χ2v) is 6.61. The van der Waals surface area contributed by atoms with Gasteiger partial charge in [-0.05, 0) is 54.7 Å². The van der Waals surface area contributed by atoms with Crippen LogP contribution in [0.15, 0.2) is 59.0 Å². The van der Waals surface area contributed by atoms with E-state index in [9.17, 15) is 4.79 Å². The molecule has 5 nitrogen and oxygen atoms in total. The van der Waals surface area contributed by atoms with Crippen LogP contribution in [0.1, 0.15) is 16.1 Å². The van der Waals surface area contributed by atoms with E-state index >= 15 is 0 Å². The average molecular weight is 416 g/mol. The Morgan fingerprint density at radius 2 is 1.89 bits per heavy atom. The van der Waals surface area contributed by atoms with Crippen LogP contribution in [0.5, 0.6) is 0 Å². The summed E-state index contributed by atoms with van der Waals surface area (Å²) in [4.78, 5) is 12.3. The van der Waals surface area contributed by atoms with E-state index in [-0.39, 0.29) is 10.9 Å². The van der Waals surface area contributed by atoms with E-state index in [0.29, 0.717) is 32.6 Å². The van der Waals surface area contributed by atoms with Crippen LogP contribution >= 0.6 is 35.4 Å². The highest BCUT2D eigenvalue weighted by atomic mass is 35.5. The lowest BCUT2D eigenvalue weighted by Gasteiger charge is -2.09. The van der Waals surface area contributed by atoms with Crippen LogP contribution in [0, 0.1) is 11.3 Å². The molecule has 1 aromatic heterocycles. The lowest BCUT2D eigenvalue weighted by atomic mass is 10.2. The smallest absolute Gasteiger partial charge is 0.293 e. The van der Waals surface area contributed by atoms with Crippen molar-refractivity contribution in [2.45, 2.75) is 0 Å². The Kier molecular flexibility index (Phi) is 5.77. The van der Waals surface area contributed by atoms with Gasteiger partial charge in [0.15, 0.2) is 10.9 Å². The maximum atomic E-state index is 12.3. The number of carbonyl (C=O) groups is 1. The molecule has 1 amide bonds. The van der Waals surface area contributed by atoms with Crippen molar-refractivity contribution < 1.29 is 9.21 Å². The van der Waals surface area contributed by atoms with Crippen molar-refractivity contribution in [3.8, 4) is 17.4 Å². The van der Waals surface area contributed by atoms with Gasteiger partial charge in [-0.15, -0.1) is 0 Å². The monoisotopic (exact) mass is 415 g/mol. The minimum atomic E-state index is -0.529. The molecule has 1 heterocycles. The number of thiocarbonyl (C=S) groups is 1. The molecule has 0 unspecified atom stereocenters. The normalized spacial score (nSPS) is 10.1. The number of benzene rings is 2. The van der Waals surface area contributed by atoms with Gasteiger partial charge < -0.3 is 9.73 Å². The zero-order valence-corrected chi connectivity index (χ0v) is 16.0. The molecule has 0 aliphatic rings. The van der Waals surface area contributed by atoms with Crippen LogP contribution in [0.4, 0.5) is 5.69 Å². The molecule has 0 atom stereocenters. The quantitative estimate of drug-likeness (QED) is 0.570. The summed E-state index contributed by atoms with van der Waals surface area (Å²) in [7, 11) is 0. The molecule has 0 aliphatic carbocycles. The van der Waals surface area contributed by atoms with E-state index in [4.69, 9.17) is 45.1 Å². The number of halogens is 2. The van der Waals surface area contributed by atoms with Gasteiger partial charge in [-0.25, -0.2) is 0 Å². The summed E-state index contributed by atoms with van der Waals surface area (Å²) in [6.45, 7) is 0. The number of carbonyl (C=O) groups excluding carboxylic acids is 1. The molecule has 0 radical (unpaired) electrons. The lowest BCUT2D eigenvalue weighted by molar-refractivity contribution is 0.0951. The molecule has 0 spiro atoms. The molecule has 0 fully saturated rings. The molecule has 3 rings (SSSR count). The van der Waals surface area contributed by atoms with Crippen LogP contribution in [-0.4, -0.2) is 11.0 Å². The first kappa shape index (κ1) is 18.9. The minimum absolute atomic E-state index is 0.0465. The second-order valence-electron chi connectivity index (χ2n) is 5.35. The van der Waals surface area contributed by atoms with Crippen LogP contribution in [0.3, 0.4) is 0 Å². The van der Waals surface area contributed by atoms with Crippen molar-refractivity contribution in [2.75, 3.05) is 5.32 Å². The van der Waals surface area contributed by atoms with E-state index in [1.165, 1.54) is 6.07 Å². The van der Waals surface area contributed by atoms with Crippen molar-refractivity contribution in [1.29, 1.82) is 5.26 Å². The number of rotatable bonds is 3. The minimum Gasteiger partial charge on any atom is -0.451 e. The molecule has 134 valence electrons. The first-order chi connectivity index (χ1) is 13.0. The molecule has 0 saturated carbocycles. The van der Waals surface area contributed by atoms with Crippen LogP contribution < -0.4 is 10.6 Å². The third-order valence-corrected chi connectivity index (χ3v) is 4.30. The number of nitrogens with zero attached hydrogens (tertiary/aromatic N) is 1. The predicted molar refractivity (Wildman–Crippen MR) is 109 cm³/mol.